The SMILES string of the molecule is CC1CCN(S(=O)(=O)c2ccc3c(c2)N(CC(=O)N[C@H]2CCCC[C@H]2C)C(=O)CS3)CC1. The number of rotatable bonds is 5. The Hall–Kier alpha value is -1.58. The molecule has 4 rings (SSSR count). The van der Waals surface area contributed by atoms with Crippen LogP contribution in [0, 0.1) is 11.8 Å². The van der Waals surface area contributed by atoms with Crippen LogP contribution in [0.15, 0.2) is 28.0 Å². The van der Waals surface area contributed by atoms with Crippen LogP contribution in [0.3, 0.4) is 0 Å². The summed E-state index contributed by atoms with van der Waals surface area (Å²) in [6.07, 6.45) is 6.06. The van der Waals surface area contributed by atoms with Crippen LogP contribution < -0.4 is 10.2 Å². The number of thioether (sulfide) groups is 1. The maximum atomic E-state index is 13.2. The van der Waals surface area contributed by atoms with Gasteiger partial charge in [0.05, 0.1) is 16.3 Å². The number of benzene rings is 1. The van der Waals surface area contributed by atoms with Gasteiger partial charge in [0.1, 0.15) is 6.54 Å². The van der Waals surface area contributed by atoms with E-state index in [1.807, 2.05) is 0 Å². The van der Waals surface area contributed by atoms with Gasteiger partial charge in [-0.15, -0.1) is 11.8 Å². The molecule has 2 amide bonds. The molecule has 0 unspecified atom stereocenters. The fourth-order valence-corrected chi connectivity index (χ4v) is 7.22. The molecule has 0 radical (unpaired) electrons. The van der Waals surface area contributed by atoms with Gasteiger partial charge in [-0.05, 0) is 55.7 Å². The number of anilines is 1. The van der Waals surface area contributed by atoms with Crippen LogP contribution >= 0.6 is 11.8 Å². The van der Waals surface area contributed by atoms with Gasteiger partial charge >= 0.3 is 0 Å². The van der Waals surface area contributed by atoms with Crippen LogP contribution in [-0.2, 0) is 19.6 Å². The average Bonchev–Trinajstić information content (AvgIpc) is 2.77. The minimum atomic E-state index is -3.63. The number of hydrogen-bond acceptors (Lipinski definition) is 5. The van der Waals surface area contributed by atoms with Crippen molar-refractivity contribution >= 4 is 39.3 Å². The molecule has 1 N–H and O–H groups in total. The van der Waals surface area contributed by atoms with Crippen molar-refractivity contribution in [2.45, 2.75) is 68.2 Å². The molecule has 1 aromatic rings. The van der Waals surface area contributed by atoms with E-state index in [-0.39, 0.29) is 35.0 Å². The van der Waals surface area contributed by atoms with Gasteiger partial charge in [0, 0.05) is 24.0 Å². The molecule has 0 aromatic heterocycles. The van der Waals surface area contributed by atoms with E-state index >= 15 is 0 Å². The topological polar surface area (TPSA) is 86.8 Å². The second-order valence-electron chi connectivity index (χ2n) is 9.42. The van der Waals surface area contributed by atoms with Crippen LogP contribution in [0.5, 0.6) is 0 Å². The van der Waals surface area contributed by atoms with E-state index in [0.717, 1.165) is 37.0 Å². The standard InChI is InChI=1S/C23H33N3O4S2/c1-16-9-11-25(12-10-16)32(29,30)18-7-8-21-20(13-18)26(23(28)15-31-21)14-22(27)24-19-6-4-3-5-17(19)2/h7-8,13,16-17,19H,3-6,9-12,14-15H2,1-2H3,(H,24,27)/t17-,19+/m1/s1. The number of fused-ring (bicyclic) bond motifs is 1. The fourth-order valence-electron chi connectivity index (χ4n) is 4.82. The van der Waals surface area contributed by atoms with Gasteiger partial charge in [-0.2, -0.15) is 4.31 Å². The molecule has 9 heteroatoms. The fraction of sp³-hybridized carbons (Fsp3) is 0.652. The van der Waals surface area contributed by atoms with Crippen molar-refractivity contribution in [3.63, 3.8) is 0 Å². The largest absolute Gasteiger partial charge is 0.352 e. The molecule has 1 aromatic carbocycles. The van der Waals surface area contributed by atoms with Crippen LogP contribution in [0.4, 0.5) is 5.69 Å². The van der Waals surface area contributed by atoms with Gasteiger partial charge in [0.2, 0.25) is 21.8 Å². The minimum Gasteiger partial charge on any atom is -0.352 e. The van der Waals surface area contributed by atoms with E-state index in [0.29, 0.717) is 30.6 Å². The zero-order valence-electron chi connectivity index (χ0n) is 18.9. The normalized spacial score (nSPS) is 25.4. The summed E-state index contributed by atoms with van der Waals surface area (Å²) < 4.78 is 28.0. The molecule has 0 bridgehead atoms. The van der Waals surface area contributed by atoms with E-state index in [1.165, 1.54) is 27.4 Å². The van der Waals surface area contributed by atoms with Crippen LogP contribution in [0.25, 0.3) is 0 Å². The predicted octanol–water partition coefficient (Wildman–Crippen LogP) is 3.24. The van der Waals surface area contributed by atoms with E-state index in [4.69, 9.17) is 0 Å². The van der Waals surface area contributed by atoms with E-state index in [9.17, 15) is 18.0 Å². The second kappa shape index (κ2) is 9.73. The highest BCUT2D eigenvalue weighted by Crippen LogP contribution is 2.38. The predicted molar refractivity (Wildman–Crippen MR) is 126 cm³/mol. The summed E-state index contributed by atoms with van der Waals surface area (Å²) in [6, 6.07) is 5.10. The molecule has 176 valence electrons. The third-order valence-electron chi connectivity index (χ3n) is 7.01. The minimum absolute atomic E-state index is 0.0830. The first-order valence-corrected chi connectivity index (χ1v) is 14.0. The van der Waals surface area contributed by atoms with E-state index in [2.05, 4.69) is 19.2 Å². The Morgan fingerprint density at radius 1 is 1.12 bits per heavy atom. The van der Waals surface area contributed by atoms with Crippen LogP contribution in [0.2, 0.25) is 0 Å². The van der Waals surface area contributed by atoms with Crippen LogP contribution in [-0.4, -0.2) is 56.0 Å². The number of hydrogen-bond donors (Lipinski definition) is 1. The third kappa shape index (κ3) is 4.99. The molecule has 2 aliphatic heterocycles. The van der Waals surface area contributed by atoms with Crippen molar-refractivity contribution in [3.05, 3.63) is 18.2 Å². The zero-order chi connectivity index (χ0) is 22.9. The maximum Gasteiger partial charge on any atom is 0.243 e. The van der Waals surface area contributed by atoms with E-state index < -0.39 is 10.0 Å². The van der Waals surface area contributed by atoms with Gasteiger partial charge < -0.3 is 10.2 Å². The lowest BCUT2D eigenvalue weighted by molar-refractivity contribution is -0.123. The van der Waals surface area contributed by atoms with Crippen molar-refractivity contribution in [2.75, 3.05) is 30.3 Å². The quantitative estimate of drug-likeness (QED) is 0.701. The summed E-state index contributed by atoms with van der Waals surface area (Å²) in [7, 11) is -3.63. The summed E-state index contributed by atoms with van der Waals surface area (Å²) in [5, 5.41) is 3.10. The molecule has 1 saturated carbocycles. The van der Waals surface area contributed by atoms with Crippen molar-refractivity contribution in [1.29, 1.82) is 0 Å². The van der Waals surface area contributed by atoms with Crippen molar-refractivity contribution in [1.82, 2.24) is 9.62 Å². The second-order valence-corrected chi connectivity index (χ2v) is 12.4. The van der Waals surface area contributed by atoms with Gasteiger partial charge in [0.15, 0.2) is 0 Å². The Bertz CT molecular complexity index is 973. The summed E-state index contributed by atoms with van der Waals surface area (Å²) in [6.45, 7) is 5.24. The van der Waals surface area contributed by atoms with Gasteiger partial charge in [0.25, 0.3) is 0 Å². The molecular weight excluding hydrogens is 446 g/mol. The Balaban J connectivity index is 1.54. The number of carbonyl (C=O) groups excluding carboxylic acids is 2. The van der Waals surface area contributed by atoms with Crippen LogP contribution in [0.1, 0.15) is 52.4 Å². The molecule has 1 saturated heterocycles. The van der Waals surface area contributed by atoms with Gasteiger partial charge in [-0.1, -0.05) is 26.7 Å². The number of amides is 2. The Labute approximate surface area is 195 Å². The Morgan fingerprint density at radius 3 is 2.56 bits per heavy atom. The van der Waals surface area contributed by atoms with Crippen molar-refractivity contribution in [3.8, 4) is 0 Å². The van der Waals surface area contributed by atoms with Crippen molar-refractivity contribution < 1.29 is 18.0 Å². The molecule has 32 heavy (non-hydrogen) atoms. The molecule has 1 aliphatic carbocycles. The number of piperidine rings is 1. The Kier molecular flexibility index (Phi) is 7.17. The monoisotopic (exact) mass is 479 g/mol. The molecular formula is C23H33N3O4S2. The lowest BCUT2D eigenvalue weighted by atomic mass is 9.86. The van der Waals surface area contributed by atoms with Gasteiger partial charge in [-0.3, -0.25) is 9.59 Å². The zero-order valence-corrected chi connectivity index (χ0v) is 20.5. The average molecular weight is 480 g/mol. The highest BCUT2D eigenvalue weighted by atomic mass is 32.2. The Morgan fingerprint density at radius 2 is 1.84 bits per heavy atom. The molecule has 3 aliphatic rings. The first-order valence-electron chi connectivity index (χ1n) is 11.6. The summed E-state index contributed by atoms with van der Waals surface area (Å²) in [5.41, 5.74) is 0.518. The third-order valence-corrected chi connectivity index (χ3v) is 9.96. The highest BCUT2D eigenvalue weighted by molar-refractivity contribution is 8.00. The molecule has 0 spiro atoms. The highest BCUT2D eigenvalue weighted by Gasteiger charge is 2.32. The lowest BCUT2D eigenvalue weighted by Crippen LogP contribution is -2.48. The number of nitrogens with zero attached hydrogens (tertiary/aromatic N) is 2. The van der Waals surface area contributed by atoms with Gasteiger partial charge in [-0.25, -0.2) is 8.42 Å². The molecule has 2 fully saturated rings. The summed E-state index contributed by atoms with van der Waals surface area (Å²) in [4.78, 5) is 28.0. The van der Waals surface area contributed by atoms with E-state index in [1.54, 1.807) is 18.2 Å². The van der Waals surface area contributed by atoms with Crippen molar-refractivity contribution in [2.24, 2.45) is 11.8 Å². The molecule has 2 atom stereocenters. The number of carbonyl (C=O) groups is 2. The first-order chi connectivity index (χ1) is 15.3. The smallest absolute Gasteiger partial charge is 0.243 e. The summed E-state index contributed by atoms with van der Waals surface area (Å²) in [5.74, 6) is 0.844. The maximum absolute atomic E-state index is 13.2. The molecule has 7 nitrogen and oxygen atoms in total. The lowest BCUT2D eigenvalue weighted by Gasteiger charge is -2.33. The first kappa shape index (κ1) is 23.6. The number of nitrogens with one attached hydrogen (secondary N) is 1. The molecule has 2 heterocycles. The summed E-state index contributed by atoms with van der Waals surface area (Å²) >= 11 is 1.39. The number of sulfonamides is 1.